The van der Waals surface area contributed by atoms with Crippen molar-refractivity contribution in [2.24, 2.45) is 5.41 Å². The Hall–Kier alpha value is -0.0500. The summed E-state index contributed by atoms with van der Waals surface area (Å²) in [7, 11) is 0. The van der Waals surface area contributed by atoms with Crippen molar-refractivity contribution in [3.8, 4) is 5.75 Å². The molecule has 1 aromatic carbocycles. The van der Waals surface area contributed by atoms with Crippen molar-refractivity contribution >= 4 is 35.8 Å². The average molecular weight is 319 g/mol. The van der Waals surface area contributed by atoms with Gasteiger partial charge < -0.3 is 4.74 Å². The van der Waals surface area contributed by atoms with E-state index in [1.807, 2.05) is 12.1 Å². The monoisotopic (exact) mass is 318 g/mol. The first-order valence-corrected chi connectivity index (χ1v) is 8.22. The van der Waals surface area contributed by atoms with E-state index in [1.165, 1.54) is 38.5 Å². The molecule has 1 aliphatic carbocycles. The molecule has 0 N–H and O–H groups in total. The van der Waals surface area contributed by atoms with Crippen LogP contribution in [0.2, 0.25) is 10.0 Å². The molecule has 0 saturated heterocycles. The molecule has 2 rings (SSSR count). The van der Waals surface area contributed by atoms with Gasteiger partial charge in [-0.3, -0.25) is 0 Å². The van der Waals surface area contributed by atoms with Gasteiger partial charge in [-0.25, -0.2) is 0 Å². The van der Waals surface area contributed by atoms with Crippen molar-refractivity contribution in [2.45, 2.75) is 38.5 Å². The molecule has 0 aromatic heterocycles. The second-order valence-electron chi connectivity index (χ2n) is 5.47. The highest BCUT2D eigenvalue weighted by Gasteiger charge is 2.30. The first kappa shape index (κ1) is 15.3. The molecule has 1 nitrogen and oxygen atoms in total. The molecule has 1 aliphatic rings. The van der Waals surface area contributed by atoms with Gasteiger partial charge >= 0.3 is 0 Å². The lowest BCUT2D eigenvalue weighted by molar-refractivity contribution is 0.148. The number of hydrogen-bond acceptors (Lipinski definition) is 2. The van der Waals surface area contributed by atoms with Gasteiger partial charge in [0.25, 0.3) is 0 Å². The van der Waals surface area contributed by atoms with Crippen LogP contribution in [0.4, 0.5) is 0 Å². The lowest BCUT2D eigenvalue weighted by Crippen LogP contribution is -2.30. The lowest BCUT2D eigenvalue weighted by Gasteiger charge is -2.31. The summed E-state index contributed by atoms with van der Waals surface area (Å²) in [6.07, 6.45) is 7.62. The molecule has 0 unspecified atom stereocenters. The summed E-state index contributed by atoms with van der Waals surface area (Å²) in [5.74, 6) is 1.63. The maximum absolute atomic E-state index is 5.99. The van der Waals surface area contributed by atoms with E-state index in [-0.39, 0.29) is 5.41 Å². The molecule has 19 heavy (non-hydrogen) atoms. The molecule has 4 heteroatoms. The number of ether oxygens (including phenoxy) is 1. The van der Waals surface area contributed by atoms with Crippen LogP contribution in [-0.4, -0.2) is 12.4 Å². The standard InChI is InChI=1S/C15H20Cl2OS/c16-12-7-13(17)9-14(8-12)18-10-15(11-19)5-3-1-2-4-6-15/h7-9,19H,1-6,10-11H2. The molecule has 0 spiro atoms. The van der Waals surface area contributed by atoms with Crippen LogP contribution >= 0.6 is 35.8 Å². The highest BCUT2D eigenvalue weighted by atomic mass is 35.5. The van der Waals surface area contributed by atoms with Gasteiger partial charge in [-0.05, 0) is 36.8 Å². The number of hydrogen-bond donors (Lipinski definition) is 1. The largest absolute Gasteiger partial charge is 0.493 e. The summed E-state index contributed by atoms with van der Waals surface area (Å²) < 4.78 is 5.94. The zero-order chi connectivity index (χ0) is 13.7. The summed E-state index contributed by atoms with van der Waals surface area (Å²) in [6, 6.07) is 5.35. The predicted molar refractivity (Wildman–Crippen MR) is 85.9 cm³/mol. The van der Waals surface area contributed by atoms with E-state index < -0.39 is 0 Å². The minimum atomic E-state index is 0.203. The molecule has 0 atom stereocenters. The maximum atomic E-state index is 5.99. The summed E-state index contributed by atoms with van der Waals surface area (Å²) in [5.41, 5.74) is 0.203. The zero-order valence-corrected chi connectivity index (χ0v) is 13.4. The molecule has 0 radical (unpaired) electrons. The fraction of sp³-hybridized carbons (Fsp3) is 0.600. The summed E-state index contributed by atoms with van der Waals surface area (Å²) in [6.45, 7) is 0.702. The van der Waals surface area contributed by atoms with Crippen molar-refractivity contribution in [1.29, 1.82) is 0 Å². The molecule has 106 valence electrons. The van der Waals surface area contributed by atoms with Gasteiger partial charge in [0.2, 0.25) is 0 Å². The van der Waals surface area contributed by atoms with E-state index in [4.69, 9.17) is 27.9 Å². The second kappa shape index (κ2) is 7.10. The van der Waals surface area contributed by atoms with Crippen LogP contribution in [0.5, 0.6) is 5.75 Å². The van der Waals surface area contributed by atoms with Crippen LogP contribution in [0, 0.1) is 5.41 Å². The molecule has 0 aliphatic heterocycles. The molecule has 1 fully saturated rings. The van der Waals surface area contributed by atoms with Crippen LogP contribution in [-0.2, 0) is 0 Å². The zero-order valence-electron chi connectivity index (χ0n) is 11.0. The Balaban J connectivity index is 2.02. The predicted octanol–water partition coefficient (Wildman–Crippen LogP) is 5.64. The minimum absolute atomic E-state index is 0.203. The molecule has 0 bridgehead atoms. The lowest BCUT2D eigenvalue weighted by atomic mass is 9.83. The Bertz CT molecular complexity index is 394. The van der Waals surface area contributed by atoms with Crippen molar-refractivity contribution in [3.63, 3.8) is 0 Å². The fourth-order valence-corrected chi connectivity index (χ4v) is 3.59. The number of thiol groups is 1. The van der Waals surface area contributed by atoms with Crippen LogP contribution in [0.3, 0.4) is 0 Å². The van der Waals surface area contributed by atoms with E-state index in [9.17, 15) is 0 Å². The third-order valence-corrected chi connectivity index (χ3v) is 4.99. The Kier molecular flexibility index (Phi) is 5.73. The molecule has 1 aromatic rings. The van der Waals surface area contributed by atoms with E-state index in [2.05, 4.69) is 12.6 Å². The Morgan fingerprint density at radius 2 is 1.58 bits per heavy atom. The third kappa shape index (κ3) is 4.47. The fourth-order valence-electron chi connectivity index (χ4n) is 2.67. The smallest absolute Gasteiger partial charge is 0.122 e. The van der Waals surface area contributed by atoms with Crippen molar-refractivity contribution < 1.29 is 4.74 Å². The highest BCUT2D eigenvalue weighted by molar-refractivity contribution is 7.80. The quantitative estimate of drug-likeness (QED) is 0.558. The van der Waals surface area contributed by atoms with Crippen LogP contribution in [0.25, 0.3) is 0 Å². The third-order valence-electron chi connectivity index (χ3n) is 3.88. The Morgan fingerprint density at radius 1 is 1.00 bits per heavy atom. The van der Waals surface area contributed by atoms with Gasteiger partial charge in [-0.15, -0.1) is 0 Å². The number of benzene rings is 1. The van der Waals surface area contributed by atoms with Crippen LogP contribution in [0.1, 0.15) is 38.5 Å². The van der Waals surface area contributed by atoms with Gasteiger partial charge in [0.15, 0.2) is 0 Å². The molecule has 1 saturated carbocycles. The first-order chi connectivity index (χ1) is 9.13. The van der Waals surface area contributed by atoms with Crippen molar-refractivity contribution in [3.05, 3.63) is 28.2 Å². The topological polar surface area (TPSA) is 9.23 Å². The van der Waals surface area contributed by atoms with Gasteiger partial charge in [0.05, 0.1) is 6.61 Å². The van der Waals surface area contributed by atoms with Gasteiger partial charge in [0.1, 0.15) is 5.75 Å². The Morgan fingerprint density at radius 3 is 2.11 bits per heavy atom. The van der Waals surface area contributed by atoms with E-state index in [1.54, 1.807) is 6.07 Å². The average Bonchev–Trinajstić information content (AvgIpc) is 2.61. The van der Waals surface area contributed by atoms with Gasteiger partial charge in [-0.1, -0.05) is 48.9 Å². The summed E-state index contributed by atoms with van der Waals surface area (Å²) in [4.78, 5) is 0. The first-order valence-electron chi connectivity index (χ1n) is 6.83. The molecule has 0 heterocycles. The Labute approximate surface area is 131 Å². The minimum Gasteiger partial charge on any atom is -0.493 e. The molecule has 0 amide bonds. The van der Waals surface area contributed by atoms with Gasteiger partial charge in [-0.2, -0.15) is 12.6 Å². The SMILES string of the molecule is SCC1(COc2cc(Cl)cc(Cl)c2)CCCCCC1. The summed E-state index contributed by atoms with van der Waals surface area (Å²) >= 11 is 16.5. The number of halogens is 2. The van der Waals surface area contributed by atoms with Crippen LogP contribution in [0.15, 0.2) is 18.2 Å². The maximum Gasteiger partial charge on any atom is 0.122 e. The normalized spacial score (nSPS) is 18.9. The summed E-state index contributed by atoms with van der Waals surface area (Å²) in [5, 5.41) is 1.23. The van der Waals surface area contributed by atoms with Crippen molar-refractivity contribution in [2.75, 3.05) is 12.4 Å². The molecular weight excluding hydrogens is 299 g/mol. The second-order valence-corrected chi connectivity index (χ2v) is 6.66. The van der Waals surface area contributed by atoms with Gasteiger partial charge in [0, 0.05) is 15.5 Å². The molecular formula is C15H20Cl2OS. The van der Waals surface area contributed by atoms with Crippen LogP contribution < -0.4 is 4.74 Å². The highest BCUT2D eigenvalue weighted by Crippen LogP contribution is 2.37. The van der Waals surface area contributed by atoms with E-state index >= 15 is 0 Å². The van der Waals surface area contributed by atoms with E-state index in [0.717, 1.165) is 11.5 Å². The van der Waals surface area contributed by atoms with E-state index in [0.29, 0.717) is 16.7 Å². The van der Waals surface area contributed by atoms with Crippen molar-refractivity contribution in [1.82, 2.24) is 0 Å². The number of rotatable bonds is 4.